The van der Waals surface area contributed by atoms with Crippen molar-refractivity contribution in [2.75, 3.05) is 25.0 Å². The summed E-state index contributed by atoms with van der Waals surface area (Å²) in [5, 5.41) is 5.87. The molecule has 1 aromatic rings. The Morgan fingerprint density at radius 3 is 2.26 bits per heavy atom. The highest BCUT2D eigenvalue weighted by molar-refractivity contribution is 5.92. The van der Waals surface area contributed by atoms with E-state index in [1.807, 2.05) is 45.0 Å². The molecule has 1 aromatic carbocycles. The number of carbonyl (C=O) groups is 2. The second kappa shape index (κ2) is 9.22. The molecule has 0 unspecified atom stereocenters. The maximum atomic E-state index is 12.3. The molecule has 0 saturated carbocycles. The summed E-state index contributed by atoms with van der Waals surface area (Å²) in [4.78, 5) is 26.2. The summed E-state index contributed by atoms with van der Waals surface area (Å²) in [6.07, 6.45) is 1.26. The van der Waals surface area contributed by atoms with Crippen LogP contribution in [0.15, 0.2) is 24.3 Å². The maximum Gasteiger partial charge on any atom is 0.407 e. The summed E-state index contributed by atoms with van der Waals surface area (Å²) >= 11 is 0. The van der Waals surface area contributed by atoms with E-state index >= 15 is 0 Å². The topological polar surface area (TPSA) is 70.7 Å². The summed E-state index contributed by atoms with van der Waals surface area (Å²) in [5.41, 5.74) is 1.59. The van der Waals surface area contributed by atoms with Gasteiger partial charge in [-0.15, -0.1) is 0 Å². The number of nitrogens with one attached hydrogen (secondary N) is 2. The minimum Gasteiger partial charge on any atom is -0.444 e. The van der Waals surface area contributed by atoms with Crippen molar-refractivity contribution in [2.24, 2.45) is 0 Å². The first kappa shape index (κ1) is 21.2. The summed E-state index contributed by atoms with van der Waals surface area (Å²) in [6.45, 7) is 11.8. The molecule has 0 atom stereocenters. The first-order valence-electron chi connectivity index (χ1n) is 9.74. The van der Waals surface area contributed by atoms with Crippen molar-refractivity contribution in [2.45, 2.75) is 65.0 Å². The average Bonchev–Trinajstić information content (AvgIpc) is 2.55. The van der Waals surface area contributed by atoms with E-state index in [0.29, 0.717) is 12.5 Å². The molecular formula is C21H33N3O3. The van der Waals surface area contributed by atoms with Gasteiger partial charge in [-0.05, 0) is 57.2 Å². The van der Waals surface area contributed by atoms with Crippen LogP contribution >= 0.6 is 0 Å². The zero-order valence-corrected chi connectivity index (χ0v) is 17.2. The Balaban J connectivity index is 1.72. The normalized spacial score (nSPS) is 16.2. The maximum absolute atomic E-state index is 12.3. The van der Waals surface area contributed by atoms with Crippen molar-refractivity contribution >= 4 is 17.7 Å². The number of hydrogen-bond acceptors (Lipinski definition) is 4. The number of amides is 2. The Bertz CT molecular complexity index is 627. The lowest BCUT2D eigenvalue weighted by Crippen LogP contribution is -2.47. The highest BCUT2D eigenvalue weighted by Crippen LogP contribution is 2.17. The number of rotatable bonds is 5. The molecule has 2 amide bonds. The molecule has 0 aliphatic carbocycles. The van der Waals surface area contributed by atoms with Gasteiger partial charge in [0.05, 0.1) is 6.54 Å². The number of nitrogens with zero attached hydrogens (tertiary/aromatic N) is 1. The van der Waals surface area contributed by atoms with Crippen molar-refractivity contribution in [3.8, 4) is 0 Å². The Kier molecular flexibility index (Phi) is 7.25. The van der Waals surface area contributed by atoms with Crippen LogP contribution in [0.2, 0.25) is 0 Å². The number of hydrogen-bond donors (Lipinski definition) is 2. The minimum absolute atomic E-state index is 0.00847. The van der Waals surface area contributed by atoms with Crippen LogP contribution in [0.4, 0.5) is 10.5 Å². The van der Waals surface area contributed by atoms with Crippen LogP contribution in [0.1, 0.15) is 58.9 Å². The van der Waals surface area contributed by atoms with Crippen molar-refractivity contribution in [1.82, 2.24) is 10.2 Å². The van der Waals surface area contributed by atoms with Crippen LogP contribution in [0.3, 0.4) is 0 Å². The number of anilines is 1. The molecule has 27 heavy (non-hydrogen) atoms. The van der Waals surface area contributed by atoms with E-state index in [2.05, 4.69) is 29.4 Å². The van der Waals surface area contributed by atoms with E-state index in [9.17, 15) is 9.59 Å². The van der Waals surface area contributed by atoms with E-state index in [1.54, 1.807) is 0 Å². The molecule has 0 spiro atoms. The summed E-state index contributed by atoms with van der Waals surface area (Å²) in [7, 11) is 0. The zero-order chi connectivity index (χ0) is 20.0. The first-order chi connectivity index (χ1) is 12.6. The molecule has 1 heterocycles. The largest absolute Gasteiger partial charge is 0.444 e. The van der Waals surface area contributed by atoms with Gasteiger partial charge in [0.15, 0.2) is 0 Å². The Morgan fingerprint density at radius 1 is 1.15 bits per heavy atom. The Hall–Kier alpha value is -2.08. The van der Waals surface area contributed by atoms with E-state index in [0.717, 1.165) is 31.6 Å². The molecule has 1 aliphatic heterocycles. The summed E-state index contributed by atoms with van der Waals surface area (Å²) in [6, 6.07) is 8.10. The zero-order valence-electron chi connectivity index (χ0n) is 17.2. The van der Waals surface area contributed by atoms with Crippen LogP contribution in [-0.2, 0) is 9.53 Å². The summed E-state index contributed by atoms with van der Waals surface area (Å²) in [5.74, 6) is 0.469. The number of likely N-dealkylation sites (tertiary alicyclic amines) is 1. The molecule has 6 nitrogen and oxygen atoms in total. The number of carbonyl (C=O) groups excluding carboxylic acids is 2. The fourth-order valence-corrected chi connectivity index (χ4v) is 3.06. The lowest BCUT2D eigenvalue weighted by Gasteiger charge is -2.32. The second-order valence-electron chi connectivity index (χ2n) is 8.52. The van der Waals surface area contributed by atoms with Gasteiger partial charge in [0.25, 0.3) is 0 Å². The van der Waals surface area contributed by atoms with Gasteiger partial charge in [-0.2, -0.15) is 0 Å². The van der Waals surface area contributed by atoms with Gasteiger partial charge in [0.2, 0.25) is 5.91 Å². The first-order valence-corrected chi connectivity index (χ1v) is 9.74. The molecule has 1 fully saturated rings. The number of alkyl carbamates (subject to hydrolysis) is 1. The molecule has 150 valence electrons. The van der Waals surface area contributed by atoms with Gasteiger partial charge >= 0.3 is 6.09 Å². The van der Waals surface area contributed by atoms with Gasteiger partial charge in [-0.3, -0.25) is 9.69 Å². The number of benzene rings is 1. The lowest BCUT2D eigenvalue weighted by molar-refractivity contribution is -0.117. The Morgan fingerprint density at radius 2 is 1.74 bits per heavy atom. The van der Waals surface area contributed by atoms with Gasteiger partial charge in [0, 0.05) is 24.8 Å². The molecule has 0 bridgehead atoms. The van der Waals surface area contributed by atoms with Crippen molar-refractivity contribution < 1.29 is 14.3 Å². The highest BCUT2D eigenvalue weighted by atomic mass is 16.6. The van der Waals surface area contributed by atoms with E-state index in [-0.39, 0.29) is 18.0 Å². The van der Waals surface area contributed by atoms with Crippen LogP contribution < -0.4 is 10.6 Å². The predicted molar refractivity (Wildman–Crippen MR) is 108 cm³/mol. The Labute approximate surface area is 162 Å². The molecule has 6 heteroatoms. The third kappa shape index (κ3) is 7.59. The quantitative estimate of drug-likeness (QED) is 0.822. The van der Waals surface area contributed by atoms with E-state index in [1.165, 1.54) is 5.56 Å². The number of piperidine rings is 1. The van der Waals surface area contributed by atoms with Crippen LogP contribution in [0, 0.1) is 0 Å². The smallest absolute Gasteiger partial charge is 0.407 e. The average molecular weight is 376 g/mol. The summed E-state index contributed by atoms with van der Waals surface area (Å²) < 4.78 is 5.29. The van der Waals surface area contributed by atoms with Crippen LogP contribution in [-0.4, -0.2) is 48.2 Å². The fourth-order valence-electron chi connectivity index (χ4n) is 3.06. The van der Waals surface area contributed by atoms with Crippen molar-refractivity contribution in [3.63, 3.8) is 0 Å². The molecule has 1 saturated heterocycles. The third-order valence-electron chi connectivity index (χ3n) is 4.54. The van der Waals surface area contributed by atoms with E-state index < -0.39 is 5.60 Å². The predicted octanol–water partition coefficient (Wildman–Crippen LogP) is 3.74. The van der Waals surface area contributed by atoms with Crippen LogP contribution in [0.5, 0.6) is 0 Å². The van der Waals surface area contributed by atoms with Crippen molar-refractivity contribution in [1.29, 1.82) is 0 Å². The second-order valence-corrected chi connectivity index (χ2v) is 8.52. The molecule has 1 aliphatic rings. The standard InChI is InChI=1S/C21H33N3O3/c1-15(2)16-6-8-17(9-7-16)22-19(25)14-24-12-10-18(11-13-24)23-20(26)27-21(3,4)5/h6-9,15,18H,10-14H2,1-5H3,(H,22,25)(H,23,26). The molecule has 0 radical (unpaired) electrons. The van der Waals surface area contributed by atoms with Gasteiger partial charge in [0.1, 0.15) is 5.60 Å². The van der Waals surface area contributed by atoms with Crippen molar-refractivity contribution in [3.05, 3.63) is 29.8 Å². The number of ether oxygens (including phenoxy) is 1. The lowest BCUT2D eigenvalue weighted by atomic mass is 10.0. The highest BCUT2D eigenvalue weighted by Gasteiger charge is 2.24. The van der Waals surface area contributed by atoms with Gasteiger partial charge in [-0.1, -0.05) is 26.0 Å². The van der Waals surface area contributed by atoms with Gasteiger partial charge in [-0.25, -0.2) is 4.79 Å². The van der Waals surface area contributed by atoms with Crippen LogP contribution in [0.25, 0.3) is 0 Å². The molecule has 2 rings (SSSR count). The molecule has 2 N–H and O–H groups in total. The molecule has 0 aromatic heterocycles. The molecular weight excluding hydrogens is 342 g/mol. The SMILES string of the molecule is CC(C)c1ccc(NC(=O)CN2CCC(NC(=O)OC(C)(C)C)CC2)cc1. The monoisotopic (exact) mass is 375 g/mol. The third-order valence-corrected chi connectivity index (χ3v) is 4.54. The minimum atomic E-state index is -0.490. The van der Waals surface area contributed by atoms with E-state index in [4.69, 9.17) is 4.74 Å². The fraction of sp³-hybridized carbons (Fsp3) is 0.619. The van der Waals surface area contributed by atoms with Gasteiger partial charge < -0.3 is 15.4 Å².